The lowest BCUT2D eigenvalue weighted by molar-refractivity contribution is -0.192. The maximum Gasteiger partial charge on any atom is 0.490 e. The van der Waals surface area contributed by atoms with Crippen LogP contribution in [-0.2, 0) is 30.4 Å². The summed E-state index contributed by atoms with van der Waals surface area (Å²) >= 11 is 0. The van der Waals surface area contributed by atoms with Gasteiger partial charge in [-0.25, -0.2) is 4.79 Å². The topological polar surface area (TPSA) is 217 Å². The number of nitrogens with zero attached hydrogens (tertiary/aromatic N) is 1. The van der Waals surface area contributed by atoms with E-state index in [1.165, 1.54) is 4.90 Å². The minimum Gasteiger partial charge on any atom is -0.475 e. The Morgan fingerprint density at radius 2 is 1.50 bits per heavy atom. The molecule has 1 aliphatic carbocycles. The first kappa shape index (κ1) is 44.6. The summed E-state index contributed by atoms with van der Waals surface area (Å²) in [5, 5.41) is 18.7. The third kappa shape index (κ3) is 11.5. The lowest BCUT2D eigenvalue weighted by Crippen LogP contribution is -2.56. The van der Waals surface area contributed by atoms with Crippen molar-refractivity contribution in [2.75, 3.05) is 31.5 Å². The van der Waals surface area contributed by atoms with Crippen molar-refractivity contribution >= 4 is 46.9 Å². The molecule has 17 heteroatoms. The van der Waals surface area contributed by atoms with Crippen LogP contribution in [0.1, 0.15) is 76.9 Å². The minimum atomic E-state index is -5.08. The van der Waals surface area contributed by atoms with Crippen LogP contribution in [0.4, 0.5) is 18.9 Å². The normalized spacial score (nSPS) is 16.0. The summed E-state index contributed by atoms with van der Waals surface area (Å²) in [6, 6.07) is 18.8. The maximum atomic E-state index is 13.9. The molecule has 7 N–H and O–H groups in total. The number of carbonyl (C=O) groups excluding carboxylic acids is 6. The predicted octanol–water partition coefficient (Wildman–Crippen LogP) is 3.22. The first-order valence-electron chi connectivity index (χ1n) is 18.8. The average molecular weight is 809 g/mol. The van der Waals surface area contributed by atoms with E-state index < -0.39 is 42.1 Å². The van der Waals surface area contributed by atoms with Gasteiger partial charge in [-0.3, -0.25) is 28.8 Å². The van der Waals surface area contributed by atoms with E-state index in [0.29, 0.717) is 73.3 Å². The second-order valence-corrected chi connectivity index (χ2v) is 13.9. The molecule has 0 unspecified atom stereocenters. The summed E-state index contributed by atoms with van der Waals surface area (Å²) in [5.74, 6) is -4.83. The number of carboxylic acid groups (broad SMARTS) is 1. The van der Waals surface area contributed by atoms with Gasteiger partial charge in [0, 0.05) is 48.4 Å². The van der Waals surface area contributed by atoms with Crippen LogP contribution in [0.5, 0.6) is 0 Å². The first-order chi connectivity index (χ1) is 27.5. The minimum absolute atomic E-state index is 0.0551. The summed E-state index contributed by atoms with van der Waals surface area (Å²) in [6.07, 6.45) is -2.51. The van der Waals surface area contributed by atoms with Gasteiger partial charge in [-0.05, 0) is 36.8 Å². The van der Waals surface area contributed by atoms with E-state index in [-0.39, 0.29) is 42.3 Å². The number of ketones is 2. The number of nitrogens with one attached hydrogen (secondary N) is 4. The number of likely N-dealkylation sites (tertiary alicyclic amines) is 1. The fourth-order valence-electron chi connectivity index (χ4n) is 6.53. The Bertz CT molecular complexity index is 1990. The average Bonchev–Trinajstić information content (AvgIpc) is 3.71. The van der Waals surface area contributed by atoms with E-state index >= 15 is 0 Å². The van der Waals surface area contributed by atoms with E-state index in [1.54, 1.807) is 42.5 Å². The van der Waals surface area contributed by atoms with E-state index in [2.05, 4.69) is 21.3 Å². The van der Waals surface area contributed by atoms with Gasteiger partial charge in [-0.2, -0.15) is 13.2 Å². The van der Waals surface area contributed by atoms with E-state index in [0.717, 1.165) is 5.56 Å². The van der Waals surface area contributed by atoms with Gasteiger partial charge in [0.25, 0.3) is 0 Å². The van der Waals surface area contributed by atoms with Crippen LogP contribution in [0, 0.1) is 5.92 Å². The fourth-order valence-corrected chi connectivity index (χ4v) is 6.53. The smallest absolute Gasteiger partial charge is 0.475 e. The molecule has 2 aliphatic rings. The molecule has 1 aliphatic heterocycles. The number of alkyl halides is 3. The molecular weight excluding hydrogens is 761 g/mol. The Morgan fingerprint density at radius 1 is 0.879 bits per heavy atom. The summed E-state index contributed by atoms with van der Waals surface area (Å²) < 4.78 is 31.7. The second-order valence-electron chi connectivity index (χ2n) is 13.9. The molecule has 4 amide bonds. The highest BCUT2D eigenvalue weighted by Crippen LogP contribution is 2.32. The van der Waals surface area contributed by atoms with Crippen LogP contribution in [0.15, 0.2) is 72.8 Å². The molecule has 1 fully saturated rings. The third-order valence-corrected chi connectivity index (χ3v) is 9.90. The quantitative estimate of drug-likeness (QED) is 0.0965. The van der Waals surface area contributed by atoms with Crippen molar-refractivity contribution in [3.63, 3.8) is 0 Å². The van der Waals surface area contributed by atoms with E-state index in [1.807, 2.05) is 44.2 Å². The van der Waals surface area contributed by atoms with Crippen molar-refractivity contribution in [2.45, 2.75) is 70.3 Å². The number of hydrogen-bond donors (Lipinski definition) is 6. The number of aliphatic carboxylic acids is 1. The largest absolute Gasteiger partial charge is 0.490 e. The maximum absolute atomic E-state index is 13.9. The first-order valence-corrected chi connectivity index (χ1v) is 18.8. The zero-order chi connectivity index (χ0) is 42.6. The van der Waals surface area contributed by atoms with Gasteiger partial charge in [0.05, 0.1) is 18.2 Å². The van der Waals surface area contributed by atoms with Crippen molar-refractivity contribution < 1.29 is 51.8 Å². The number of hydrogen-bond acceptors (Lipinski definition) is 9. The zero-order valence-electron chi connectivity index (χ0n) is 32.1. The highest BCUT2D eigenvalue weighted by molar-refractivity contribution is 6.30. The van der Waals surface area contributed by atoms with E-state index in [9.17, 15) is 41.9 Å². The van der Waals surface area contributed by atoms with Crippen molar-refractivity contribution in [1.29, 1.82) is 0 Å². The predicted molar refractivity (Wildman–Crippen MR) is 207 cm³/mol. The Morgan fingerprint density at radius 3 is 2.14 bits per heavy atom. The van der Waals surface area contributed by atoms with Crippen molar-refractivity contribution in [3.05, 3.63) is 101 Å². The molecule has 5 rings (SSSR count). The number of fused-ring (bicyclic) bond motifs is 2. The number of halogens is 3. The summed E-state index contributed by atoms with van der Waals surface area (Å²) in [5.41, 5.74) is 8.87. The number of carbonyl (C=O) groups is 7. The lowest BCUT2D eigenvalue weighted by Gasteiger charge is -2.29. The van der Waals surface area contributed by atoms with Crippen LogP contribution >= 0.6 is 0 Å². The molecule has 4 atom stereocenters. The SMILES string of the molecule is CC[C@H](C)[C@H](N)C(=O)NCC(=O)N[C@@H](Cc1ccccc1)C(=O)N1CCC[C@H]1C(=O)NCCCNc1cccc2c1C(=O)c1ccccc1C2=O.O=C(O)C(F)(F)F. The summed E-state index contributed by atoms with van der Waals surface area (Å²) in [4.78, 5) is 89.4. The molecule has 14 nitrogen and oxygen atoms in total. The fraction of sp³-hybridized carbons (Fsp3) is 0.390. The molecule has 310 valence electrons. The lowest BCUT2D eigenvalue weighted by atomic mass is 9.83. The van der Waals surface area contributed by atoms with Gasteiger partial charge in [0.2, 0.25) is 23.6 Å². The molecule has 0 bridgehead atoms. The third-order valence-electron chi connectivity index (χ3n) is 9.90. The van der Waals surface area contributed by atoms with Crippen LogP contribution in [0.25, 0.3) is 0 Å². The van der Waals surface area contributed by atoms with Gasteiger partial charge in [-0.15, -0.1) is 0 Å². The molecule has 1 saturated heterocycles. The highest BCUT2D eigenvalue weighted by atomic mass is 19.4. The van der Waals surface area contributed by atoms with E-state index in [4.69, 9.17) is 15.6 Å². The molecule has 0 radical (unpaired) electrons. The van der Waals surface area contributed by atoms with Crippen molar-refractivity contribution in [3.8, 4) is 0 Å². The Balaban J connectivity index is 0.000000973. The number of rotatable bonds is 15. The second kappa shape index (κ2) is 20.4. The van der Waals surface area contributed by atoms with Crippen LogP contribution in [-0.4, -0.2) is 102 Å². The number of nitrogens with two attached hydrogens (primary N) is 1. The van der Waals surface area contributed by atoms with Gasteiger partial charge in [0.1, 0.15) is 12.1 Å². The molecule has 0 aromatic heterocycles. The van der Waals surface area contributed by atoms with Gasteiger partial charge >= 0.3 is 12.1 Å². The van der Waals surface area contributed by atoms with Gasteiger partial charge in [-0.1, -0.05) is 87.0 Å². The molecule has 0 spiro atoms. The highest BCUT2D eigenvalue weighted by Gasteiger charge is 2.39. The number of benzene rings is 3. The van der Waals surface area contributed by atoms with Crippen LogP contribution in [0.2, 0.25) is 0 Å². The summed E-state index contributed by atoms with van der Waals surface area (Å²) in [6.45, 7) is 4.58. The van der Waals surface area contributed by atoms with Crippen LogP contribution < -0.4 is 27.0 Å². The van der Waals surface area contributed by atoms with Gasteiger partial charge < -0.3 is 37.0 Å². The molecule has 3 aromatic rings. The molecule has 3 aromatic carbocycles. The standard InChI is InChI=1S/C39H46N6O6.C2HF3O2/c1-3-24(2)34(40)38(50)43-23-32(46)44-30(22-25-12-5-4-6-13-25)39(51)45-21-10-18-31(45)37(49)42-20-11-19-41-29-17-9-16-28-33(29)36(48)27-15-8-7-14-26(27)35(28)47;3-2(4,5)1(6)7/h4-9,12-17,24,30-31,34,41H,3,10-11,18-23,40H2,1-2H3,(H,42,49)(H,43,50)(H,44,46);(H,6,7)/t24-,30-,31-,34-;/m0./s1. The van der Waals surface area contributed by atoms with Crippen molar-refractivity contribution in [1.82, 2.24) is 20.9 Å². The van der Waals surface area contributed by atoms with Crippen LogP contribution in [0.3, 0.4) is 0 Å². The van der Waals surface area contributed by atoms with Gasteiger partial charge in [0.15, 0.2) is 11.6 Å². The molecule has 1 heterocycles. The summed E-state index contributed by atoms with van der Waals surface area (Å²) in [7, 11) is 0. The zero-order valence-corrected chi connectivity index (χ0v) is 32.1. The molecule has 0 saturated carbocycles. The number of carboxylic acids is 1. The Hall–Kier alpha value is -6.10. The molecular formula is C41H47F3N6O8. The number of amides is 4. The Labute approximate surface area is 333 Å². The molecule has 58 heavy (non-hydrogen) atoms. The Kier molecular flexibility index (Phi) is 15.7. The van der Waals surface area contributed by atoms with Crippen molar-refractivity contribution in [2.24, 2.45) is 11.7 Å². The monoisotopic (exact) mass is 808 g/mol. The number of anilines is 1.